The first-order chi connectivity index (χ1) is 6.38. The van der Waals surface area contributed by atoms with Crippen molar-refractivity contribution in [3.8, 4) is 0 Å². The molecule has 0 aromatic heterocycles. The number of carbonyl (C=O) groups excluding carboxylic acids is 1. The SMILES string of the molecule is O=C(c1ccccc1)N1CCOC1. The summed E-state index contributed by atoms with van der Waals surface area (Å²) in [5.41, 5.74) is 0.730. The number of hydrogen-bond donors (Lipinski definition) is 0. The van der Waals surface area contributed by atoms with E-state index >= 15 is 0 Å². The lowest BCUT2D eigenvalue weighted by Crippen LogP contribution is -2.28. The number of carbonyl (C=O) groups is 1. The van der Waals surface area contributed by atoms with Crippen molar-refractivity contribution in [2.75, 3.05) is 19.9 Å². The van der Waals surface area contributed by atoms with Crippen molar-refractivity contribution in [2.45, 2.75) is 0 Å². The van der Waals surface area contributed by atoms with E-state index in [4.69, 9.17) is 4.74 Å². The van der Waals surface area contributed by atoms with Crippen LogP contribution in [-0.2, 0) is 4.74 Å². The molecular weight excluding hydrogens is 166 g/mol. The van der Waals surface area contributed by atoms with E-state index in [0.29, 0.717) is 19.9 Å². The number of hydrogen-bond acceptors (Lipinski definition) is 2. The maximum atomic E-state index is 11.7. The Labute approximate surface area is 76.9 Å². The number of benzene rings is 1. The van der Waals surface area contributed by atoms with Gasteiger partial charge < -0.3 is 9.64 Å². The van der Waals surface area contributed by atoms with Crippen molar-refractivity contribution in [3.63, 3.8) is 0 Å². The molecule has 1 aliphatic rings. The molecule has 0 saturated carbocycles. The van der Waals surface area contributed by atoms with Gasteiger partial charge in [-0.3, -0.25) is 4.79 Å². The zero-order valence-electron chi connectivity index (χ0n) is 7.27. The summed E-state index contributed by atoms with van der Waals surface area (Å²) in [6, 6.07) is 9.27. The van der Waals surface area contributed by atoms with Gasteiger partial charge in [-0.05, 0) is 12.1 Å². The zero-order valence-corrected chi connectivity index (χ0v) is 7.27. The molecular formula is C10H11NO2. The molecule has 1 aromatic carbocycles. The number of nitrogens with zero attached hydrogens (tertiary/aromatic N) is 1. The molecule has 3 nitrogen and oxygen atoms in total. The van der Waals surface area contributed by atoms with Gasteiger partial charge in [-0.1, -0.05) is 18.2 Å². The Morgan fingerprint density at radius 3 is 2.69 bits per heavy atom. The first kappa shape index (κ1) is 8.26. The topological polar surface area (TPSA) is 29.5 Å². The lowest BCUT2D eigenvalue weighted by Gasteiger charge is -2.12. The molecule has 1 aliphatic heterocycles. The highest BCUT2D eigenvalue weighted by molar-refractivity contribution is 5.94. The van der Waals surface area contributed by atoms with Gasteiger partial charge in [0.15, 0.2) is 0 Å². The van der Waals surface area contributed by atoms with E-state index in [1.807, 2.05) is 30.3 Å². The van der Waals surface area contributed by atoms with Crippen molar-refractivity contribution in [1.82, 2.24) is 4.90 Å². The van der Waals surface area contributed by atoms with Crippen molar-refractivity contribution in [1.29, 1.82) is 0 Å². The Hall–Kier alpha value is -1.35. The van der Waals surface area contributed by atoms with Crippen LogP contribution < -0.4 is 0 Å². The minimum Gasteiger partial charge on any atom is -0.359 e. The van der Waals surface area contributed by atoms with E-state index in [1.165, 1.54) is 0 Å². The summed E-state index contributed by atoms with van der Waals surface area (Å²) in [6.07, 6.45) is 0. The Morgan fingerprint density at radius 2 is 2.08 bits per heavy atom. The van der Waals surface area contributed by atoms with Gasteiger partial charge >= 0.3 is 0 Å². The Balaban J connectivity index is 2.13. The van der Waals surface area contributed by atoms with Crippen LogP contribution in [0.1, 0.15) is 10.4 Å². The van der Waals surface area contributed by atoms with Gasteiger partial charge in [-0.2, -0.15) is 0 Å². The maximum absolute atomic E-state index is 11.7. The third-order valence-corrected chi connectivity index (χ3v) is 2.06. The molecule has 0 N–H and O–H groups in total. The second-order valence-corrected chi connectivity index (χ2v) is 2.97. The van der Waals surface area contributed by atoms with Crippen molar-refractivity contribution >= 4 is 5.91 Å². The molecule has 0 unspecified atom stereocenters. The first-order valence-corrected chi connectivity index (χ1v) is 4.30. The summed E-state index contributed by atoms with van der Waals surface area (Å²) in [5.74, 6) is 0.0538. The van der Waals surface area contributed by atoms with E-state index in [-0.39, 0.29) is 5.91 Å². The van der Waals surface area contributed by atoms with Crippen LogP contribution in [0.25, 0.3) is 0 Å². The molecule has 1 aromatic rings. The van der Waals surface area contributed by atoms with Crippen LogP contribution in [-0.4, -0.2) is 30.7 Å². The smallest absolute Gasteiger partial charge is 0.255 e. The second kappa shape index (κ2) is 3.58. The van der Waals surface area contributed by atoms with Crippen molar-refractivity contribution < 1.29 is 9.53 Å². The Bertz CT molecular complexity index is 291. The minimum atomic E-state index is 0.0538. The molecule has 0 radical (unpaired) electrons. The molecule has 0 spiro atoms. The first-order valence-electron chi connectivity index (χ1n) is 4.30. The van der Waals surface area contributed by atoms with Gasteiger partial charge in [0.1, 0.15) is 6.73 Å². The summed E-state index contributed by atoms with van der Waals surface area (Å²) in [4.78, 5) is 13.4. The van der Waals surface area contributed by atoms with E-state index in [1.54, 1.807) is 4.90 Å². The standard InChI is InChI=1S/C10H11NO2/c12-10(11-6-7-13-8-11)9-4-2-1-3-5-9/h1-5H,6-8H2. The van der Waals surface area contributed by atoms with Gasteiger partial charge in [-0.25, -0.2) is 0 Å². The van der Waals surface area contributed by atoms with Crippen LogP contribution in [0.4, 0.5) is 0 Å². The quantitative estimate of drug-likeness (QED) is 0.643. The summed E-state index contributed by atoms with van der Waals surface area (Å²) >= 11 is 0. The molecule has 1 saturated heterocycles. The number of ether oxygens (including phenoxy) is 1. The number of amides is 1. The van der Waals surface area contributed by atoms with E-state index < -0.39 is 0 Å². The maximum Gasteiger partial charge on any atom is 0.255 e. The summed E-state index contributed by atoms with van der Waals surface area (Å²) in [7, 11) is 0. The fraction of sp³-hybridized carbons (Fsp3) is 0.300. The average molecular weight is 177 g/mol. The van der Waals surface area contributed by atoms with Crippen LogP contribution in [0.5, 0.6) is 0 Å². The molecule has 3 heteroatoms. The zero-order chi connectivity index (χ0) is 9.10. The minimum absolute atomic E-state index is 0.0538. The Morgan fingerprint density at radius 1 is 1.31 bits per heavy atom. The van der Waals surface area contributed by atoms with E-state index in [0.717, 1.165) is 5.56 Å². The summed E-state index contributed by atoms with van der Waals surface area (Å²) < 4.78 is 5.10. The highest BCUT2D eigenvalue weighted by Gasteiger charge is 2.19. The van der Waals surface area contributed by atoms with Gasteiger partial charge in [0.05, 0.1) is 6.61 Å². The highest BCUT2D eigenvalue weighted by atomic mass is 16.5. The predicted octanol–water partition coefficient (Wildman–Crippen LogP) is 1.12. The highest BCUT2D eigenvalue weighted by Crippen LogP contribution is 2.07. The molecule has 13 heavy (non-hydrogen) atoms. The molecule has 68 valence electrons. The predicted molar refractivity (Wildman–Crippen MR) is 48.3 cm³/mol. The molecule has 2 rings (SSSR count). The molecule has 1 amide bonds. The van der Waals surface area contributed by atoms with Gasteiger partial charge in [-0.15, -0.1) is 0 Å². The van der Waals surface area contributed by atoms with Crippen molar-refractivity contribution in [2.24, 2.45) is 0 Å². The molecule has 0 atom stereocenters. The lowest BCUT2D eigenvalue weighted by atomic mass is 10.2. The fourth-order valence-electron chi connectivity index (χ4n) is 1.34. The van der Waals surface area contributed by atoms with Crippen LogP contribution >= 0.6 is 0 Å². The largest absolute Gasteiger partial charge is 0.359 e. The van der Waals surface area contributed by atoms with E-state index in [2.05, 4.69) is 0 Å². The van der Waals surface area contributed by atoms with E-state index in [9.17, 15) is 4.79 Å². The average Bonchev–Trinajstić information content (AvgIpc) is 2.71. The number of rotatable bonds is 1. The normalized spacial score (nSPS) is 16.2. The monoisotopic (exact) mass is 177 g/mol. The lowest BCUT2D eigenvalue weighted by molar-refractivity contribution is 0.0695. The second-order valence-electron chi connectivity index (χ2n) is 2.97. The molecule has 1 fully saturated rings. The van der Waals surface area contributed by atoms with Crippen molar-refractivity contribution in [3.05, 3.63) is 35.9 Å². The van der Waals surface area contributed by atoms with Gasteiger partial charge in [0.25, 0.3) is 5.91 Å². The van der Waals surface area contributed by atoms with Gasteiger partial charge in [0, 0.05) is 12.1 Å². The van der Waals surface area contributed by atoms with Crippen LogP contribution in [0.2, 0.25) is 0 Å². The van der Waals surface area contributed by atoms with Crippen LogP contribution in [0.15, 0.2) is 30.3 Å². The third kappa shape index (κ3) is 1.70. The summed E-state index contributed by atoms with van der Waals surface area (Å²) in [5, 5.41) is 0. The molecule has 1 heterocycles. The summed E-state index contributed by atoms with van der Waals surface area (Å²) in [6.45, 7) is 1.78. The molecule has 0 aliphatic carbocycles. The molecule has 0 bridgehead atoms. The Kier molecular flexibility index (Phi) is 2.27. The van der Waals surface area contributed by atoms with Crippen LogP contribution in [0.3, 0.4) is 0 Å². The van der Waals surface area contributed by atoms with Gasteiger partial charge in [0.2, 0.25) is 0 Å². The fourth-order valence-corrected chi connectivity index (χ4v) is 1.34. The third-order valence-electron chi connectivity index (χ3n) is 2.06. The van der Waals surface area contributed by atoms with Crippen LogP contribution in [0, 0.1) is 0 Å².